The second kappa shape index (κ2) is 6.60. The van der Waals surface area contributed by atoms with Crippen molar-refractivity contribution in [2.75, 3.05) is 12.3 Å². The molecule has 0 spiro atoms. The largest absolute Gasteiger partial charge is 0.394 e. The maximum Gasteiger partial charge on any atom is 0.176 e. The summed E-state index contributed by atoms with van der Waals surface area (Å²) in [5.74, 6) is 0.231. The van der Waals surface area contributed by atoms with Gasteiger partial charge in [0.15, 0.2) is 17.2 Å². The monoisotopic (exact) mass is 337 g/mol. The Labute approximate surface area is 139 Å². The molecule has 0 bridgehead atoms. The van der Waals surface area contributed by atoms with Crippen LogP contribution in [0.15, 0.2) is 12.7 Å². The van der Waals surface area contributed by atoms with E-state index in [0.717, 1.165) is 19.3 Å². The number of fused-ring (bicyclic) bond motifs is 1. The minimum atomic E-state index is -1.25. The number of rotatable bonds is 6. The number of nitrogens with two attached hydrogens (primary N) is 1. The van der Waals surface area contributed by atoms with E-state index in [9.17, 15) is 15.3 Å². The second-order valence-electron chi connectivity index (χ2n) is 6.12. The number of aliphatic hydroxyl groups excluding tert-OH is 3. The molecule has 0 radical (unpaired) electrons. The average molecular weight is 337 g/mol. The molecule has 0 aromatic carbocycles. The molecular formula is C15H23N5O4. The van der Waals surface area contributed by atoms with E-state index >= 15 is 0 Å². The summed E-state index contributed by atoms with van der Waals surface area (Å²) in [6.45, 7) is 1.68. The van der Waals surface area contributed by atoms with E-state index < -0.39 is 30.6 Å². The Morgan fingerprint density at radius 1 is 1.29 bits per heavy atom. The predicted molar refractivity (Wildman–Crippen MR) is 85.8 cm³/mol. The number of imidazole rings is 1. The van der Waals surface area contributed by atoms with E-state index in [1.807, 2.05) is 0 Å². The lowest BCUT2D eigenvalue weighted by Gasteiger charge is -2.33. The van der Waals surface area contributed by atoms with Gasteiger partial charge in [-0.3, -0.25) is 4.57 Å². The van der Waals surface area contributed by atoms with Crippen molar-refractivity contribution in [1.29, 1.82) is 0 Å². The van der Waals surface area contributed by atoms with Crippen molar-refractivity contribution >= 4 is 17.0 Å². The smallest absolute Gasteiger partial charge is 0.176 e. The van der Waals surface area contributed by atoms with Gasteiger partial charge in [0.25, 0.3) is 0 Å². The highest BCUT2D eigenvalue weighted by Gasteiger charge is 2.55. The maximum atomic E-state index is 10.7. The Morgan fingerprint density at radius 3 is 2.75 bits per heavy atom. The van der Waals surface area contributed by atoms with Crippen molar-refractivity contribution in [2.24, 2.45) is 0 Å². The quantitative estimate of drug-likeness (QED) is 0.529. The van der Waals surface area contributed by atoms with Gasteiger partial charge in [-0.25, -0.2) is 15.0 Å². The lowest BCUT2D eigenvalue weighted by molar-refractivity contribution is -0.151. The molecule has 9 nitrogen and oxygen atoms in total. The molecule has 9 heteroatoms. The van der Waals surface area contributed by atoms with E-state index in [0.29, 0.717) is 17.6 Å². The fourth-order valence-corrected chi connectivity index (χ4v) is 3.30. The summed E-state index contributed by atoms with van der Waals surface area (Å²) in [6, 6.07) is 0. The molecule has 3 heterocycles. The molecule has 2 aromatic heterocycles. The Morgan fingerprint density at radius 2 is 2.08 bits per heavy atom. The summed E-state index contributed by atoms with van der Waals surface area (Å²) in [5.41, 5.74) is 5.40. The number of ether oxygens (including phenoxy) is 1. The molecule has 24 heavy (non-hydrogen) atoms. The fraction of sp³-hybridized carbons (Fsp3) is 0.667. The maximum absolute atomic E-state index is 10.7. The van der Waals surface area contributed by atoms with Gasteiger partial charge in [-0.2, -0.15) is 0 Å². The third-order valence-electron chi connectivity index (χ3n) is 4.61. The van der Waals surface area contributed by atoms with Gasteiger partial charge in [0.1, 0.15) is 30.2 Å². The predicted octanol–water partition coefficient (Wildman–Crippen LogP) is -0.246. The van der Waals surface area contributed by atoms with Gasteiger partial charge in [0.2, 0.25) is 0 Å². The molecule has 0 unspecified atom stereocenters. The van der Waals surface area contributed by atoms with Gasteiger partial charge in [0, 0.05) is 0 Å². The summed E-state index contributed by atoms with van der Waals surface area (Å²) in [6.07, 6.45) is 2.67. The minimum absolute atomic E-state index is 0.231. The van der Waals surface area contributed by atoms with Crippen molar-refractivity contribution in [1.82, 2.24) is 19.5 Å². The number of unbranched alkanes of at least 4 members (excludes halogenated alkanes) is 2. The highest BCUT2D eigenvalue weighted by Crippen LogP contribution is 2.41. The van der Waals surface area contributed by atoms with Gasteiger partial charge < -0.3 is 25.8 Å². The minimum Gasteiger partial charge on any atom is -0.394 e. The summed E-state index contributed by atoms with van der Waals surface area (Å²) < 4.78 is 7.53. The molecule has 5 N–H and O–H groups in total. The lowest BCUT2D eigenvalue weighted by Crippen LogP contribution is -2.45. The van der Waals surface area contributed by atoms with Gasteiger partial charge in [-0.1, -0.05) is 19.8 Å². The zero-order valence-corrected chi connectivity index (χ0v) is 13.5. The molecule has 4 atom stereocenters. The molecule has 132 valence electrons. The van der Waals surface area contributed by atoms with Crippen LogP contribution < -0.4 is 5.73 Å². The standard InChI is InChI=1S/C15H23N5O4/c1-2-3-4-5-15(12(23)11(22)9(6-21)24-15)20-8-19-10-13(16)17-7-18-14(10)20/h7-9,11-12,21-23H,2-6H2,1H3,(H2,16,17,18)/t9-,11-,12-,15-/m1/s1. The van der Waals surface area contributed by atoms with Crippen LogP contribution in [0.25, 0.3) is 11.2 Å². The van der Waals surface area contributed by atoms with Crippen LogP contribution in [0.4, 0.5) is 5.82 Å². The van der Waals surface area contributed by atoms with E-state index in [2.05, 4.69) is 21.9 Å². The molecule has 0 aliphatic carbocycles. The number of aromatic nitrogens is 4. The first-order chi connectivity index (χ1) is 11.5. The van der Waals surface area contributed by atoms with E-state index in [-0.39, 0.29) is 5.82 Å². The molecular weight excluding hydrogens is 314 g/mol. The van der Waals surface area contributed by atoms with Crippen molar-refractivity contribution < 1.29 is 20.1 Å². The van der Waals surface area contributed by atoms with E-state index in [1.54, 1.807) is 4.57 Å². The molecule has 1 aliphatic heterocycles. The van der Waals surface area contributed by atoms with E-state index in [4.69, 9.17) is 10.5 Å². The van der Waals surface area contributed by atoms with Crippen LogP contribution in [0.2, 0.25) is 0 Å². The van der Waals surface area contributed by atoms with Gasteiger partial charge in [0.05, 0.1) is 12.9 Å². The Bertz CT molecular complexity index is 708. The van der Waals surface area contributed by atoms with Crippen LogP contribution in [-0.4, -0.2) is 59.8 Å². The normalized spacial score (nSPS) is 30.2. The zero-order chi connectivity index (χ0) is 17.3. The van der Waals surface area contributed by atoms with Crippen LogP contribution in [0, 0.1) is 0 Å². The van der Waals surface area contributed by atoms with Crippen LogP contribution >= 0.6 is 0 Å². The Hall–Kier alpha value is -1.81. The fourth-order valence-electron chi connectivity index (χ4n) is 3.30. The SMILES string of the molecule is CCCCC[C@@]1(n2cnc3c(N)ncnc32)O[C@H](CO)[C@@H](O)[C@H]1O. The lowest BCUT2D eigenvalue weighted by atomic mass is 9.96. The first-order valence-electron chi connectivity index (χ1n) is 8.14. The third kappa shape index (κ3) is 2.53. The van der Waals surface area contributed by atoms with Crippen LogP contribution in [0.1, 0.15) is 32.6 Å². The summed E-state index contributed by atoms with van der Waals surface area (Å²) in [7, 11) is 0. The zero-order valence-electron chi connectivity index (χ0n) is 13.5. The highest BCUT2D eigenvalue weighted by atomic mass is 16.6. The van der Waals surface area contributed by atoms with Crippen molar-refractivity contribution in [2.45, 2.75) is 56.6 Å². The van der Waals surface area contributed by atoms with Crippen molar-refractivity contribution in [3.05, 3.63) is 12.7 Å². The summed E-state index contributed by atoms with van der Waals surface area (Å²) >= 11 is 0. The molecule has 1 aliphatic rings. The first-order valence-corrected chi connectivity index (χ1v) is 8.14. The molecule has 2 aromatic rings. The van der Waals surface area contributed by atoms with Gasteiger partial charge >= 0.3 is 0 Å². The summed E-state index contributed by atoms with van der Waals surface area (Å²) in [5, 5.41) is 30.4. The van der Waals surface area contributed by atoms with E-state index in [1.165, 1.54) is 12.7 Å². The third-order valence-corrected chi connectivity index (χ3v) is 4.61. The van der Waals surface area contributed by atoms with Gasteiger partial charge in [-0.05, 0) is 12.8 Å². The van der Waals surface area contributed by atoms with Crippen molar-refractivity contribution in [3.8, 4) is 0 Å². The first kappa shape index (κ1) is 17.0. The average Bonchev–Trinajstić information content (AvgIpc) is 3.12. The number of anilines is 1. The van der Waals surface area contributed by atoms with Gasteiger partial charge in [-0.15, -0.1) is 0 Å². The number of nitrogens with zero attached hydrogens (tertiary/aromatic N) is 4. The molecule has 0 amide bonds. The topological polar surface area (TPSA) is 140 Å². The molecule has 1 fully saturated rings. The number of aliphatic hydroxyl groups is 3. The second-order valence-corrected chi connectivity index (χ2v) is 6.12. The Balaban J connectivity index is 2.09. The van der Waals surface area contributed by atoms with Crippen molar-refractivity contribution in [3.63, 3.8) is 0 Å². The van der Waals surface area contributed by atoms with Crippen LogP contribution in [0.5, 0.6) is 0 Å². The molecule has 0 saturated carbocycles. The van der Waals surface area contributed by atoms with Crippen LogP contribution in [-0.2, 0) is 10.5 Å². The number of hydrogen-bond acceptors (Lipinski definition) is 8. The highest BCUT2D eigenvalue weighted by molar-refractivity contribution is 5.81. The molecule has 3 rings (SSSR count). The van der Waals surface area contributed by atoms with Crippen LogP contribution in [0.3, 0.4) is 0 Å². The Kier molecular flexibility index (Phi) is 4.68. The number of nitrogen functional groups attached to an aromatic ring is 1. The molecule has 1 saturated heterocycles. The number of hydrogen-bond donors (Lipinski definition) is 4. The summed E-state index contributed by atoms with van der Waals surface area (Å²) in [4.78, 5) is 12.3.